The largest absolute Gasteiger partial charge is 0.350 e. The van der Waals surface area contributed by atoms with Crippen molar-refractivity contribution in [2.45, 2.75) is 12.5 Å². The van der Waals surface area contributed by atoms with Gasteiger partial charge in [-0.05, 0) is 30.0 Å². The summed E-state index contributed by atoms with van der Waals surface area (Å²) in [5.41, 5.74) is 2.86. The molecule has 1 saturated heterocycles. The van der Waals surface area contributed by atoms with Crippen LogP contribution < -0.4 is 0 Å². The summed E-state index contributed by atoms with van der Waals surface area (Å²) in [4.78, 5) is 17.9. The summed E-state index contributed by atoms with van der Waals surface area (Å²) in [5, 5.41) is 7.72. The van der Waals surface area contributed by atoms with Crippen molar-refractivity contribution in [2.24, 2.45) is 0 Å². The number of carbonyl (C=O) groups excluding carboxylic acids is 1. The summed E-state index contributed by atoms with van der Waals surface area (Å²) in [7, 11) is 0. The van der Waals surface area contributed by atoms with Gasteiger partial charge >= 0.3 is 0 Å². The molecule has 1 aliphatic rings. The third-order valence-corrected chi connectivity index (χ3v) is 5.64. The number of aromatic nitrogens is 3. The van der Waals surface area contributed by atoms with Gasteiger partial charge in [0.15, 0.2) is 0 Å². The number of aromatic amines is 1. The molecule has 0 aliphatic carbocycles. The topological polar surface area (TPSA) is 53.9 Å². The fourth-order valence-corrected chi connectivity index (χ4v) is 4.33. The Balaban J connectivity index is 1.40. The molecule has 0 radical (unpaired) electrons. The van der Waals surface area contributed by atoms with E-state index >= 15 is 0 Å². The predicted molar refractivity (Wildman–Crippen MR) is 95.5 cm³/mol. The van der Waals surface area contributed by atoms with Gasteiger partial charge in [-0.3, -0.25) is 9.48 Å². The van der Waals surface area contributed by atoms with Crippen molar-refractivity contribution in [3.8, 4) is 0 Å². The first-order chi connectivity index (χ1) is 11.8. The third kappa shape index (κ3) is 2.06. The van der Waals surface area contributed by atoms with Crippen molar-refractivity contribution >= 4 is 38.4 Å². The maximum absolute atomic E-state index is 12.8. The Labute approximate surface area is 142 Å². The van der Waals surface area contributed by atoms with Gasteiger partial charge in [-0.1, -0.05) is 18.2 Å². The number of hydrogen-bond acceptors (Lipinski definition) is 3. The van der Waals surface area contributed by atoms with E-state index in [1.54, 1.807) is 11.3 Å². The number of fused-ring (bicyclic) bond motifs is 2. The molecule has 120 valence electrons. The molecule has 4 heterocycles. The van der Waals surface area contributed by atoms with E-state index < -0.39 is 0 Å². The molecule has 1 amide bonds. The minimum atomic E-state index is 0.0809. The second-order valence-electron chi connectivity index (χ2n) is 6.22. The number of benzene rings is 1. The number of nitrogens with one attached hydrogen (secondary N) is 1. The highest BCUT2D eigenvalue weighted by Crippen LogP contribution is 2.28. The summed E-state index contributed by atoms with van der Waals surface area (Å²) in [6.45, 7) is 1.47. The van der Waals surface area contributed by atoms with Gasteiger partial charge < -0.3 is 9.88 Å². The van der Waals surface area contributed by atoms with E-state index in [1.165, 1.54) is 0 Å². The van der Waals surface area contributed by atoms with Gasteiger partial charge in [0.05, 0.1) is 28.0 Å². The zero-order valence-electron chi connectivity index (χ0n) is 13.0. The monoisotopic (exact) mass is 336 g/mol. The van der Waals surface area contributed by atoms with Crippen LogP contribution in [0.25, 0.3) is 21.1 Å². The van der Waals surface area contributed by atoms with Crippen LogP contribution in [0.4, 0.5) is 0 Å². The van der Waals surface area contributed by atoms with Crippen LogP contribution in [-0.2, 0) is 0 Å². The molecule has 5 nitrogen and oxygen atoms in total. The lowest BCUT2D eigenvalue weighted by molar-refractivity contribution is 0.0782. The summed E-state index contributed by atoms with van der Waals surface area (Å²) in [6, 6.07) is 12.4. The molecule has 1 aromatic carbocycles. The van der Waals surface area contributed by atoms with Gasteiger partial charge in [-0.25, -0.2) is 0 Å². The molecule has 1 atom stereocenters. The van der Waals surface area contributed by atoms with Gasteiger partial charge in [0.25, 0.3) is 5.91 Å². The van der Waals surface area contributed by atoms with Crippen LogP contribution in [0.3, 0.4) is 0 Å². The van der Waals surface area contributed by atoms with E-state index in [-0.39, 0.29) is 11.9 Å². The van der Waals surface area contributed by atoms with Crippen LogP contribution in [0.5, 0.6) is 0 Å². The lowest BCUT2D eigenvalue weighted by Crippen LogP contribution is -2.29. The summed E-state index contributed by atoms with van der Waals surface area (Å²) >= 11 is 1.65. The minimum Gasteiger partial charge on any atom is -0.350 e. The van der Waals surface area contributed by atoms with E-state index in [4.69, 9.17) is 0 Å². The fraction of sp³-hybridized carbons (Fsp3) is 0.222. The Kier molecular flexibility index (Phi) is 2.99. The number of likely N-dealkylation sites (tertiary alicyclic amines) is 1. The van der Waals surface area contributed by atoms with Crippen LogP contribution in [0, 0.1) is 0 Å². The van der Waals surface area contributed by atoms with Crippen LogP contribution in [-0.4, -0.2) is 38.7 Å². The van der Waals surface area contributed by atoms with Crippen molar-refractivity contribution in [1.29, 1.82) is 0 Å². The highest BCUT2D eigenvalue weighted by Gasteiger charge is 2.30. The van der Waals surface area contributed by atoms with Crippen molar-refractivity contribution in [1.82, 2.24) is 19.7 Å². The van der Waals surface area contributed by atoms with Crippen molar-refractivity contribution in [3.05, 3.63) is 53.7 Å². The Morgan fingerprint density at radius 1 is 1.29 bits per heavy atom. The first-order valence-electron chi connectivity index (χ1n) is 8.07. The predicted octanol–water partition coefficient (Wildman–Crippen LogP) is 3.67. The van der Waals surface area contributed by atoms with E-state index in [1.807, 2.05) is 40.7 Å². The number of thiophene rings is 1. The highest BCUT2D eigenvalue weighted by atomic mass is 32.1. The molecule has 0 spiro atoms. The summed E-state index contributed by atoms with van der Waals surface area (Å²) in [5.74, 6) is 0.0809. The molecule has 5 rings (SSSR count). The van der Waals surface area contributed by atoms with Crippen molar-refractivity contribution < 1.29 is 4.79 Å². The van der Waals surface area contributed by atoms with E-state index in [0.717, 1.165) is 34.1 Å². The van der Waals surface area contributed by atoms with Gasteiger partial charge in [0, 0.05) is 18.5 Å². The first-order valence-corrected chi connectivity index (χ1v) is 8.95. The third-order valence-electron chi connectivity index (χ3n) is 4.77. The van der Waals surface area contributed by atoms with E-state index in [0.29, 0.717) is 12.2 Å². The lowest BCUT2D eigenvalue weighted by atomic mass is 10.2. The number of nitrogens with zero attached hydrogens (tertiary/aromatic N) is 3. The van der Waals surface area contributed by atoms with Crippen molar-refractivity contribution in [2.75, 3.05) is 13.1 Å². The molecule has 4 aromatic rings. The van der Waals surface area contributed by atoms with E-state index in [2.05, 4.69) is 26.9 Å². The average Bonchev–Trinajstić information content (AvgIpc) is 3.34. The molecule has 24 heavy (non-hydrogen) atoms. The molecular formula is C18H16N4OS. The molecule has 6 heteroatoms. The molecule has 0 bridgehead atoms. The SMILES string of the molecule is O=C(c1cc2sccc2[nH]1)N1CCC(n2ncc3ccccc32)C1. The van der Waals surface area contributed by atoms with Gasteiger partial charge in [-0.2, -0.15) is 5.10 Å². The normalized spacial score (nSPS) is 18.0. The molecule has 1 unspecified atom stereocenters. The molecule has 1 N–H and O–H groups in total. The van der Waals surface area contributed by atoms with Crippen LogP contribution in [0.2, 0.25) is 0 Å². The Morgan fingerprint density at radius 2 is 2.21 bits per heavy atom. The molecule has 1 fully saturated rings. The number of hydrogen-bond donors (Lipinski definition) is 1. The number of para-hydroxylation sites is 1. The van der Waals surface area contributed by atoms with Gasteiger partial charge in [0.2, 0.25) is 0 Å². The Hall–Kier alpha value is -2.60. The second kappa shape index (κ2) is 5.21. The number of amides is 1. The number of rotatable bonds is 2. The summed E-state index contributed by atoms with van der Waals surface area (Å²) < 4.78 is 3.20. The zero-order valence-corrected chi connectivity index (χ0v) is 13.8. The van der Waals surface area contributed by atoms with Crippen LogP contribution in [0.15, 0.2) is 48.0 Å². The van der Waals surface area contributed by atoms with Gasteiger partial charge in [-0.15, -0.1) is 11.3 Å². The molecule has 1 aliphatic heterocycles. The standard InChI is InChI=1S/C18H16N4OS/c23-18(15-9-17-14(20-15)6-8-24-17)21-7-5-13(11-21)22-16-4-2-1-3-12(16)10-19-22/h1-4,6,8-10,13,20H,5,7,11H2. The Bertz CT molecular complexity index is 1020. The quantitative estimate of drug-likeness (QED) is 0.607. The fourth-order valence-electron chi connectivity index (χ4n) is 3.54. The minimum absolute atomic E-state index is 0.0809. The highest BCUT2D eigenvalue weighted by molar-refractivity contribution is 7.17. The van der Waals surface area contributed by atoms with Crippen molar-refractivity contribution in [3.63, 3.8) is 0 Å². The van der Waals surface area contributed by atoms with Gasteiger partial charge in [0.1, 0.15) is 5.69 Å². The second-order valence-corrected chi connectivity index (χ2v) is 7.17. The summed E-state index contributed by atoms with van der Waals surface area (Å²) in [6.07, 6.45) is 2.84. The smallest absolute Gasteiger partial charge is 0.270 e. The number of carbonyl (C=O) groups is 1. The molecule has 3 aromatic heterocycles. The van der Waals surface area contributed by atoms with Crippen LogP contribution >= 0.6 is 11.3 Å². The average molecular weight is 336 g/mol. The maximum atomic E-state index is 12.8. The number of H-pyrrole nitrogens is 1. The van der Waals surface area contributed by atoms with Crippen LogP contribution in [0.1, 0.15) is 23.0 Å². The zero-order chi connectivity index (χ0) is 16.1. The first kappa shape index (κ1) is 13.8. The maximum Gasteiger partial charge on any atom is 0.270 e. The lowest BCUT2D eigenvalue weighted by Gasteiger charge is -2.16. The molecular weight excluding hydrogens is 320 g/mol. The molecule has 0 saturated carbocycles. The van der Waals surface area contributed by atoms with E-state index in [9.17, 15) is 4.79 Å². The Morgan fingerprint density at radius 3 is 3.12 bits per heavy atom.